The lowest BCUT2D eigenvalue weighted by atomic mass is 9.77. The number of benzene rings is 4. The molecule has 4 aromatic carbocycles. The number of hydrogen-bond donors (Lipinski definition) is 6. The Hall–Kier alpha value is -4.16. The molecule has 2 aliphatic rings. The molecule has 2 saturated heterocycles. The van der Waals surface area contributed by atoms with E-state index in [1.165, 1.54) is 18.2 Å². The summed E-state index contributed by atoms with van der Waals surface area (Å²) in [5, 5.41) is 62.3. The summed E-state index contributed by atoms with van der Waals surface area (Å²) in [7, 11) is 0. The van der Waals surface area contributed by atoms with Gasteiger partial charge in [-0.1, -0.05) is 66.7 Å². The first-order valence-corrected chi connectivity index (χ1v) is 15.2. The zero-order valence-corrected chi connectivity index (χ0v) is 24.8. The van der Waals surface area contributed by atoms with Gasteiger partial charge in [0.05, 0.1) is 24.7 Å². The number of phenols is 1. The van der Waals surface area contributed by atoms with E-state index in [4.69, 9.17) is 4.74 Å². The molecule has 240 valence electrons. The minimum atomic E-state index is -1.48. The molecule has 0 aromatic heterocycles. The number of nitrogens with zero attached hydrogens (tertiary/aromatic N) is 1. The van der Waals surface area contributed by atoms with Crippen LogP contribution in [-0.2, 0) is 9.53 Å². The molecule has 10 heteroatoms. The highest BCUT2D eigenvalue weighted by Gasteiger charge is 2.49. The minimum absolute atomic E-state index is 0.00961. The highest BCUT2D eigenvalue weighted by molar-refractivity contribution is 6.03. The van der Waals surface area contributed by atoms with Crippen molar-refractivity contribution in [2.24, 2.45) is 5.92 Å². The van der Waals surface area contributed by atoms with Crippen molar-refractivity contribution in [3.8, 4) is 16.9 Å². The number of carbonyl (C=O) groups is 1. The van der Waals surface area contributed by atoms with Crippen molar-refractivity contribution >= 4 is 11.6 Å². The molecule has 2 heterocycles. The van der Waals surface area contributed by atoms with E-state index in [-0.39, 0.29) is 18.1 Å². The smallest absolute Gasteiger partial charge is 0.233 e. The van der Waals surface area contributed by atoms with Gasteiger partial charge < -0.3 is 40.3 Å². The van der Waals surface area contributed by atoms with Crippen molar-refractivity contribution in [2.75, 3.05) is 11.5 Å². The maximum Gasteiger partial charge on any atom is 0.233 e. The van der Waals surface area contributed by atoms with Crippen LogP contribution in [0.2, 0.25) is 0 Å². The van der Waals surface area contributed by atoms with E-state index >= 15 is 0 Å². The van der Waals surface area contributed by atoms with Gasteiger partial charge in [-0.2, -0.15) is 0 Å². The number of para-hydroxylation sites is 1. The van der Waals surface area contributed by atoms with E-state index < -0.39 is 61.0 Å². The van der Waals surface area contributed by atoms with Crippen molar-refractivity contribution in [3.63, 3.8) is 0 Å². The molecule has 0 aliphatic carbocycles. The van der Waals surface area contributed by atoms with Crippen LogP contribution in [0.5, 0.6) is 5.75 Å². The molecule has 6 rings (SSSR count). The number of halogens is 1. The zero-order valence-electron chi connectivity index (χ0n) is 24.8. The van der Waals surface area contributed by atoms with Gasteiger partial charge >= 0.3 is 0 Å². The number of hydrogen-bond acceptors (Lipinski definition) is 8. The number of anilines is 1. The quantitative estimate of drug-likeness (QED) is 0.153. The van der Waals surface area contributed by atoms with Crippen LogP contribution in [0.1, 0.15) is 47.8 Å². The predicted octanol–water partition coefficient (Wildman–Crippen LogP) is 3.93. The molecule has 6 N–H and O–H groups in total. The lowest BCUT2D eigenvalue weighted by Crippen LogP contribution is -2.55. The van der Waals surface area contributed by atoms with Gasteiger partial charge in [0.25, 0.3) is 0 Å². The molecule has 0 spiro atoms. The van der Waals surface area contributed by atoms with Crippen LogP contribution in [0.3, 0.4) is 0 Å². The Morgan fingerprint density at radius 3 is 2.22 bits per heavy atom. The van der Waals surface area contributed by atoms with Crippen LogP contribution in [0.15, 0.2) is 97.1 Å². The van der Waals surface area contributed by atoms with Crippen molar-refractivity contribution in [1.29, 1.82) is 0 Å². The van der Waals surface area contributed by atoms with Gasteiger partial charge in [0.2, 0.25) is 5.91 Å². The van der Waals surface area contributed by atoms with E-state index in [0.717, 1.165) is 5.56 Å². The SMILES string of the molecule is O=C1[C@H](CC[C@H](O)c2cccc(F)c2)[C@@H](c2ccc(-c3ccc([C@@H]4O[C@H](CO)[C@@H](O)[C@H](O)[C@H]4O)cc3)cc2O)N1c1ccccc1. The van der Waals surface area contributed by atoms with Crippen molar-refractivity contribution in [1.82, 2.24) is 0 Å². The summed E-state index contributed by atoms with van der Waals surface area (Å²) in [4.78, 5) is 15.1. The topological polar surface area (TPSA) is 151 Å². The first-order chi connectivity index (χ1) is 22.2. The lowest BCUT2D eigenvalue weighted by molar-refractivity contribution is -0.231. The number of carbonyl (C=O) groups excluding carboxylic acids is 1. The molecule has 4 aromatic rings. The van der Waals surface area contributed by atoms with Gasteiger partial charge in [0, 0.05) is 11.3 Å². The van der Waals surface area contributed by atoms with Crippen LogP contribution in [0, 0.1) is 11.7 Å². The third kappa shape index (κ3) is 6.03. The van der Waals surface area contributed by atoms with E-state index in [1.54, 1.807) is 47.4 Å². The van der Waals surface area contributed by atoms with Gasteiger partial charge in [-0.15, -0.1) is 0 Å². The molecule has 0 unspecified atom stereocenters. The van der Waals surface area contributed by atoms with E-state index in [0.29, 0.717) is 34.4 Å². The second-order valence-corrected chi connectivity index (χ2v) is 11.9. The third-order valence-electron chi connectivity index (χ3n) is 9.05. The Morgan fingerprint density at radius 1 is 0.826 bits per heavy atom. The van der Waals surface area contributed by atoms with Crippen LogP contribution in [-0.4, -0.2) is 67.6 Å². The van der Waals surface area contributed by atoms with Crippen LogP contribution >= 0.6 is 0 Å². The Kier molecular flexibility index (Phi) is 9.19. The monoisotopic (exact) mass is 629 g/mol. The number of aliphatic hydroxyl groups excluding tert-OH is 5. The second kappa shape index (κ2) is 13.3. The number of aliphatic hydroxyl groups is 5. The fourth-order valence-electron chi connectivity index (χ4n) is 6.50. The van der Waals surface area contributed by atoms with Crippen molar-refractivity contribution in [3.05, 3.63) is 120 Å². The van der Waals surface area contributed by atoms with E-state index in [2.05, 4.69) is 0 Å². The highest BCUT2D eigenvalue weighted by atomic mass is 19.1. The molecule has 8 atom stereocenters. The van der Waals surface area contributed by atoms with Gasteiger partial charge in [-0.3, -0.25) is 4.79 Å². The van der Waals surface area contributed by atoms with Gasteiger partial charge in [0.15, 0.2) is 0 Å². The Labute approximate surface area is 265 Å². The fraction of sp³-hybridized carbons (Fsp3) is 0.306. The van der Waals surface area contributed by atoms with E-state index in [1.807, 2.05) is 36.4 Å². The molecule has 0 radical (unpaired) electrons. The molecule has 2 aliphatic heterocycles. The van der Waals surface area contributed by atoms with Crippen molar-refractivity contribution < 1.29 is 44.6 Å². The second-order valence-electron chi connectivity index (χ2n) is 11.9. The number of phenolic OH excluding ortho intramolecular Hbond substituents is 1. The Balaban J connectivity index is 1.23. The molecule has 0 saturated carbocycles. The molecular formula is C36H36FNO8. The lowest BCUT2D eigenvalue weighted by Gasteiger charge is -2.48. The van der Waals surface area contributed by atoms with Crippen LogP contribution in [0.25, 0.3) is 11.1 Å². The average Bonchev–Trinajstić information content (AvgIpc) is 3.07. The normalized spacial score (nSPS) is 26.9. The van der Waals surface area contributed by atoms with Crippen molar-refractivity contribution in [2.45, 2.75) is 55.5 Å². The van der Waals surface area contributed by atoms with Crippen LogP contribution < -0.4 is 4.90 Å². The summed E-state index contributed by atoms with van der Waals surface area (Å²) in [6.07, 6.45) is -6.69. The zero-order chi connectivity index (χ0) is 32.5. The minimum Gasteiger partial charge on any atom is -0.508 e. The molecule has 0 bridgehead atoms. The number of β-lactam (4-membered cyclic amide) rings is 1. The third-order valence-corrected chi connectivity index (χ3v) is 9.05. The predicted molar refractivity (Wildman–Crippen MR) is 167 cm³/mol. The molecular weight excluding hydrogens is 593 g/mol. The standard InChI is InChI=1S/C36H36FNO8/c37-24-6-4-5-23(17-24)28(40)16-15-27-31(38(36(27)45)25-7-2-1-3-8-25)26-14-13-22(18-29(26)41)20-9-11-21(12-10-20)35-34(44)33(43)32(42)30(19-39)46-35/h1-14,17-18,27-28,30-35,39-44H,15-16,19H2/t27-,28+,30-,31-,32-,33+,34-,35+/m1/s1. The van der Waals surface area contributed by atoms with Gasteiger partial charge in [-0.05, 0) is 65.4 Å². The number of amides is 1. The summed E-state index contributed by atoms with van der Waals surface area (Å²) >= 11 is 0. The molecule has 2 fully saturated rings. The maximum absolute atomic E-state index is 13.7. The van der Waals surface area contributed by atoms with Gasteiger partial charge in [0.1, 0.15) is 42.1 Å². The van der Waals surface area contributed by atoms with E-state index in [9.17, 15) is 39.8 Å². The summed E-state index contributed by atoms with van der Waals surface area (Å²) in [5.41, 5.74) is 3.65. The van der Waals surface area contributed by atoms with Gasteiger partial charge in [-0.25, -0.2) is 4.39 Å². The largest absolute Gasteiger partial charge is 0.508 e. The molecule has 46 heavy (non-hydrogen) atoms. The average molecular weight is 630 g/mol. The first kappa shape index (κ1) is 31.8. The Morgan fingerprint density at radius 2 is 1.54 bits per heavy atom. The number of ether oxygens (including phenoxy) is 1. The fourth-order valence-corrected chi connectivity index (χ4v) is 6.50. The summed E-state index contributed by atoms with van der Waals surface area (Å²) in [6.45, 7) is -0.520. The molecule has 9 nitrogen and oxygen atoms in total. The number of aromatic hydroxyl groups is 1. The first-order valence-electron chi connectivity index (χ1n) is 15.2. The maximum atomic E-state index is 13.7. The number of rotatable bonds is 9. The Bertz CT molecular complexity index is 1670. The molecule has 1 amide bonds. The summed E-state index contributed by atoms with van der Waals surface area (Å²) in [5.74, 6) is -1.10. The highest BCUT2D eigenvalue weighted by Crippen LogP contribution is 2.49. The summed E-state index contributed by atoms with van der Waals surface area (Å²) < 4.78 is 19.4. The summed E-state index contributed by atoms with van der Waals surface area (Å²) in [6, 6.07) is 26.6. The van der Waals surface area contributed by atoms with Crippen LogP contribution in [0.4, 0.5) is 10.1 Å².